The van der Waals surface area contributed by atoms with E-state index in [1.54, 1.807) is 42.3 Å². The number of hydrogen-bond donors (Lipinski definition) is 2. The van der Waals surface area contributed by atoms with Crippen LogP contribution >= 0.6 is 11.6 Å². The molecule has 1 aromatic carbocycles. The Hall–Kier alpha value is -2.01. The Morgan fingerprint density at radius 3 is 2.88 bits per heavy atom. The number of nitrogens with zero attached hydrogens (tertiary/aromatic N) is 2. The van der Waals surface area contributed by atoms with Crippen molar-refractivity contribution in [2.45, 2.75) is 0 Å². The van der Waals surface area contributed by atoms with Crippen LogP contribution in [-0.2, 0) is 7.05 Å². The van der Waals surface area contributed by atoms with E-state index in [1.807, 2.05) is 0 Å². The number of hydrogen-bond acceptors (Lipinski definition) is 3. The number of nitrogen functional groups attached to an aromatic ring is 1. The van der Waals surface area contributed by atoms with Crippen LogP contribution in [0.5, 0.6) is 0 Å². The van der Waals surface area contributed by atoms with Crippen LogP contribution in [0.4, 0.5) is 11.4 Å². The van der Waals surface area contributed by atoms with Gasteiger partial charge < -0.3 is 15.6 Å². The number of aromatic nitrogens is 2. The van der Waals surface area contributed by atoms with Crippen molar-refractivity contribution >= 4 is 28.9 Å². The number of nitrogens with two attached hydrogens (primary N) is 1. The molecule has 0 saturated heterocycles. The molecule has 0 fully saturated rings. The lowest BCUT2D eigenvalue weighted by Crippen LogP contribution is -2.12. The van der Waals surface area contributed by atoms with Crippen LogP contribution < -0.4 is 11.1 Å². The maximum Gasteiger partial charge on any atom is 0.275 e. The van der Waals surface area contributed by atoms with Crippen molar-refractivity contribution < 1.29 is 4.79 Å². The molecule has 2 aromatic rings. The van der Waals surface area contributed by atoms with E-state index in [-0.39, 0.29) is 5.91 Å². The maximum absolute atomic E-state index is 11.8. The summed E-state index contributed by atoms with van der Waals surface area (Å²) in [4.78, 5) is 15.7. The van der Waals surface area contributed by atoms with Gasteiger partial charge in [0.2, 0.25) is 0 Å². The van der Waals surface area contributed by atoms with Gasteiger partial charge in [-0.1, -0.05) is 11.6 Å². The van der Waals surface area contributed by atoms with Crippen LogP contribution in [0.25, 0.3) is 0 Å². The highest BCUT2D eigenvalue weighted by atomic mass is 35.5. The Morgan fingerprint density at radius 1 is 1.53 bits per heavy atom. The van der Waals surface area contributed by atoms with Crippen molar-refractivity contribution in [1.82, 2.24) is 9.55 Å². The van der Waals surface area contributed by atoms with Gasteiger partial charge in [-0.05, 0) is 18.2 Å². The predicted octanol–water partition coefficient (Wildman–Crippen LogP) is 1.91. The first-order valence-corrected chi connectivity index (χ1v) is 5.28. The van der Waals surface area contributed by atoms with E-state index in [2.05, 4.69) is 10.3 Å². The minimum Gasteiger partial charge on any atom is -0.399 e. The molecule has 88 valence electrons. The number of aryl methyl sites for hydroxylation is 1. The van der Waals surface area contributed by atoms with E-state index in [0.29, 0.717) is 22.1 Å². The largest absolute Gasteiger partial charge is 0.399 e. The second kappa shape index (κ2) is 4.47. The third-order valence-corrected chi connectivity index (χ3v) is 2.49. The molecule has 0 aliphatic rings. The molecule has 0 bridgehead atoms. The summed E-state index contributed by atoms with van der Waals surface area (Å²) in [6.07, 6.45) is 3.18. The average Bonchev–Trinajstić information content (AvgIpc) is 2.69. The molecule has 3 N–H and O–H groups in total. The van der Waals surface area contributed by atoms with Crippen molar-refractivity contribution in [3.05, 3.63) is 41.4 Å². The number of imidazole rings is 1. The summed E-state index contributed by atoms with van der Waals surface area (Å²) in [5.74, 6) is -0.308. The zero-order valence-corrected chi connectivity index (χ0v) is 9.90. The number of nitrogens with one attached hydrogen (secondary N) is 1. The topological polar surface area (TPSA) is 72.9 Å². The number of amides is 1. The van der Waals surface area contributed by atoms with E-state index in [1.165, 1.54) is 0 Å². The number of halogens is 1. The number of carbonyl (C=O) groups excluding carboxylic acids is 1. The van der Waals surface area contributed by atoms with Crippen molar-refractivity contribution in [1.29, 1.82) is 0 Å². The normalized spacial score (nSPS) is 10.2. The van der Waals surface area contributed by atoms with Crippen molar-refractivity contribution in [2.75, 3.05) is 11.1 Å². The van der Waals surface area contributed by atoms with E-state index < -0.39 is 0 Å². The molecule has 0 radical (unpaired) electrons. The molecule has 0 aliphatic carbocycles. The Kier molecular flexibility index (Phi) is 3.01. The molecule has 1 heterocycles. The summed E-state index contributed by atoms with van der Waals surface area (Å²) in [6.45, 7) is 0. The Balaban J connectivity index is 2.18. The molecule has 0 unspecified atom stereocenters. The van der Waals surface area contributed by atoms with Crippen LogP contribution in [0, 0.1) is 0 Å². The molecular weight excluding hydrogens is 240 g/mol. The summed E-state index contributed by atoms with van der Waals surface area (Å²) in [6, 6.07) is 4.90. The second-order valence-electron chi connectivity index (χ2n) is 3.62. The van der Waals surface area contributed by atoms with Crippen LogP contribution in [-0.4, -0.2) is 15.5 Å². The summed E-state index contributed by atoms with van der Waals surface area (Å²) in [5.41, 5.74) is 6.95. The van der Waals surface area contributed by atoms with Crippen LogP contribution in [0.15, 0.2) is 30.7 Å². The predicted molar refractivity (Wildman–Crippen MR) is 67.0 cm³/mol. The van der Waals surface area contributed by atoms with E-state index in [9.17, 15) is 4.79 Å². The first kappa shape index (κ1) is 11.5. The van der Waals surface area contributed by atoms with Gasteiger partial charge in [0.15, 0.2) is 0 Å². The maximum atomic E-state index is 11.8. The van der Waals surface area contributed by atoms with Gasteiger partial charge in [0.25, 0.3) is 5.91 Å². The smallest absolute Gasteiger partial charge is 0.275 e. The van der Waals surface area contributed by atoms with Gasteiger partial charge >= 0.3 is 0 Å². The molecule has 0 saturated carbocycles. The average molecular weight is 251 g/mol. The third-order valence-electron chi connectivity index (χ3n) is 2.18. The fraction of sp³-hybridized carbons (Fsp3) is 0.0909. The molecular formula is C11H11ClN4O. The van der Waals surface area contributed by atoms with Crippen molar-refractivity contribution in [3.8, 4) is 0 Å². The van der Waals surface area contributed by atoms with Crippen molar-refractivity contribution in [2.24, 2.45) is 7.05 Å². The fourth-order valence-corrected chi connectivity index (χ4v) is 1.59. The number of rotatable bonds is 2. The molecule has 1 aromatic heterocycles. The summed E-state index contributed by atoms with van der Waals surface area (Å²) < 4.78 is 1.69. The molecule has 0 spiro atoms. The summed E-state index contributed by atoms with van der Waals surface area (Å²) in [5, 5.41) is 3.06. The standard InChI is InChI=1S/C11H11ClN4O/c1-16-5-10(14-6-16)11(17)15-9-3-2-7(13)4-8(9)12/h2-6H,13H2,1H3,(H,15,17). The minimum absolute atomic E-state index is 0.308. The Morgan fingerprint density at radius 2 is 2.29 bits per heavy atom. The lowest BCUT2D eigenvalue weighted by molar-refractivity contribution is 0.102. The molecule has 5 nitrogen and oxygen atoms in total. The Labute approximate surface area is 103 Å². The lowest BCUT2D eigenvalue weighted by atomic mass is 10.3. The van der Waals surface area contributed by atoms with Crippen LogP contribution in [0.1, 0.15) is 10.5 Å². The molecule has 0 atom stereocenters. The molecule has 2 rings (SSSR count). The lowest BCUT2D eigenvalue weighted by Gasteiger charge is -2.06. The summed E-state index contributed by atoms with van der Waals surface area (Å²) in [7, 11) is 1.79. The van der Waals surface area contributed by atoms with E-state index in [4.69, 9.17) is 17.3 Å². The SMILES string of the molecule is Cn1cnc(C(=O)Nc2ccc(N)cc2Cl)c1. The van der Waals surface area contributed by atoms with Gasteiger partial charge in [0.05, 0.1) is 17.0 Å². The third kappa shape index (κ3) is 2.57. The molecule has 0 aliphatic heterocycles. The van der Waals surface area contributed by atoms with E-state index >= 15 is 0 Å². The first-order valence-electron chi connectivity index (χ1n) is 4.90. The monoisotopic (exact) mass is 250 g/mol. The summed E-state index contributed by atoms with van der Waals surface area (Å²) >= 11 is 5.95. The van der Waals surface area contributed by atoms with E-state index in [0.717, 1.165) is 0 Å². The fourth-order valence-electron chi connectivity index (χ4n) is 1.35. The van der Waals surface area contributed by atoms with Gasteiger partial charge in [-0.3, -0.25) is 4.79 Å². The first-order chi connectivity index (χ1) is 8.06. The van der Waals surface area contributed by atoms with Crippen LogP contribution in [0.2, 0.25) is 5.02 Å². The molecule has 17 heavy (non-hydrogen) atoms. The zero-order chi connectivity index (χ0) is 12.4. The minimum atomic E-state index is -0.308. The Bertz CT molecular complexity index is 564. The highest BCUT2D eigenvalue weighted by Crippen LogP contribution is 2.24. The second-order valence-corrected chi connectivity index (χ2v) is 4.02. The highest BCUT2D eigenvalue weighted by Gasteiger charge is 2.10. The zero-order valence-electron chi connectivity index (χ0n) is 9.14. The quantitative estimate of drug-likeness (QED) is 0.800. The molecule has 1 amide bonds. The number of carbonyl (C=O) groups is 1. The van der Waals surface area contributed by atoms with Gasteiger partial charge in [-0.25, -0.2) is 4.98 Å². The highest BCUT2D eigenvalue weighted by molar-refractivity contribution is 6.34. The van der Waals surface area contributed by atoms with Crippen molar-refractivity contribution in [3.63, 3.8) is 0 Å². The van der Waals surface area contributed by atoms with Crippen LogP contribution in [0.3, 0.4) is 0 Å². The van der Waals surface area contributed by atoms with Gasteiger partial charge in [0.1, 0.15) is 5.69 Å². The number of anilines is 2. The molecule has 6 heteroatoms. The van der Waals surface area contributed by atoms with Gasteiger partial charge in [-0.2, -0.15) is 0 Å². The van der Waals surface area contributed by atoms with Gasteiger partial charge in [-0.15, -0.1) is 0 Å². The number of benzene rings is 1. The van der Waals surface area contributed by atoms with Gasteiger partial charge in [0, 0.05) is 18.9 Å².